The van der Waals surface area contributed by atoms with E-state index < -0.39 is 90.4 Å². The number of carbonyl (C=O) groups excluding carboxylic acids is 6. The van der Waals surface area contributed by atoms with Gasteiger partial charge in [0.2, 0.25) is 11.8 Å². The minimum Gasteiger partial charge on any atom is -0.481 e. The van der Waals surface area contributed by atoms with Gasteiger partial charge in [0.15, 0.2) is 0 Å². The predicted octanol–water partition coefficient (Wildman–Crippen LogP) is 9.15. The van der Waals surface area contributed by atoms with E-state index in [-0.39, 0.29) is 66.2 Å². The Balaban J connectivity index is 1.03. The normalized spacial score (nSPS) is 18.4. The smallest absolute Gasteiger partial charge is 0.415 e. The number of aromatic nitrogens is 7. The van der Waals surface area contributed by atoms with Crippen molar-refractivity contribution in [1.82, 2.24) is 61.5 Å². The Labute approximate surface area is 550 Å². The van der Waals surface area contributed by atoms with E-state index in [4.69, 9.17) is 44.4 Å². The molecule has 4 unspecified atom stereocenters. The van der Waals surface area contributed by atoms with Crippen LogP contribution in [0.15, 0.2) is 64.0 Å². The maximum atomic E-state index is 14.4. The molecule has 0 saturated heterocycles. The van der Waals surface area contributed by atoms with Crippen molar-refractivity contribution < 1.29 is 63.1 Å². The SMILES string of the molecule is CNC(=O)CC1NC(=O)c2csc(n2)-c2ccc(-c3nc(N(CCCCC(=O)O)C(=O)OC4CCC(C(=O)O)CC4)cs3)nc2-c2csc(n2)-c2csc(n2)C(C(O)c2ccccc2)NC(=O)CNC(=O)c2nc(sc2COC)C(C(C)C)NC(=O)c2nc1sc2C. The molecule has 482 valence electrons. The number of methoxy groups -OCH3 is 1. The number of pyridine rings is 1. The zero-order chi connectivity index (χ0) is 65.3. The second kappa shape index (κ2) is 29.9. The van der Waals surface area contributed by atoms with E-state index >= 15 is 0 Å². The topological polar surface area (TPSA) is 369 Å². The van der Waals surface area contributed by atoms with E-state index in [9.17, 15) is 53.7 Å². The number of aliphatic carboxylic acids is 2. The second-order valence-corrected chi connectivity index (χ2v) is 27.7. The van der Waals surface area contributed by atoms with Gasteiger partial charge in [0.05, 0.1) is 48.1 Å². The van der Waals surface area contributed by atoms with E-state index in [0.29, 0.717) is 101 Å². The van der Waals surface area contributed by atoms with Gasteiger partial charge in [0.25, 0.3) is 17.7 Å². The molecular formula is C60H63N13O13S6. The van der Waals surface area contributed by atoms with Crippen LogP contribution in [0.4, 0.5) is 10.6 Å². The standard InChI is InChI=1S/C60H63N13O13S6/c1-28(2)44-58-72-47(39(92-58)23-85-5)51(80)62-22-42(75)69-48(49(78)30-11-7-6-8-12-30)57-67-38(26-89-57)55-65-36(24-88-55)46-33(53-66-37(25-87-53)50(79)64-35(21-41(74)61-4)56-71-45(29(3)91-56)52(81)70-44)18-19-34(63-46)54-68-40(27-90-54)73(20-10-9-13-43(76)77)60(84)86-32-16-14-31(15-17-32)59(82)83/h6-8,11-12,18-19,24-28,31-32,35,44,48-49,78H,9-10,13-17,20-23H2,1-5H3,(H,61,74)(H,62,80)(H,64,79)(H,69,75)(H,70,81)(H,76,77)(H,82,83). The van der Waals surface area contributed by atoms with Crippen molar-refractivity contribution in [2.24, 2.45) is 11.8 Å². The molecule has 0 radical (unpaired) electrons. The molecule has 2 aliphatic rings. The molecule has 4 atom stereocenters. The van der Waals surface area contributed by atoms with Crippen LogP contribution in [-0.2, 0) is 35.3 Å². The number of aliphatic hydroxyl groups excluding tert-OH is 1. The van der Waals surface area contributed by atoms with Crippen LogP contribution < -0.4 is 31.5 Å². The van der Waals surface area contributed by atoms with Gasteiger partial charge in [-0.15, -0.1) is 68.0 Å². The highest BCUT2D eigenvalue weighted by molar-refractivity contribution is 7.15. The number of aliphatic hydroxyl groups is 1. The summed E-state index contributed by atoms with van der Waals surface area (Å²) in [5, 5.41) is 53.8. The van der Waals surface area contributed by atoms with Gasteiger partial charge in [-0.2, -0.15) is 0 Å². The summed E-state index contributed by atoms with van der Waals surface area (Å²) in [5.41, 5.74) is 2.35. The molecule has 0 spiro atoms. The van der Waals surface area contributed by atoms with Crippen molar-refractivity contribution in [3.8, 4) is 43.4 Å². The maximum absolute atomic E-state index is 14.4. The first kappa shape index (κ1) is 66.5. The number of thiazole rings is 6. The first-order chi connectivity index (χ1) is 44.2. The first-order valence-electron chi connectivity index (χ1n) is 29.1. The number of carboxylic acids is 2. The van der Waals surface area contributed by atoms with Gasteiger partial charge >= 0.3 is 18.0 Å². The molecule has 8 aromatic rings. The largest absolute Gasteiger partial charge is 0.481 e. The van der Waals surface area contributed by atoms with Crippen LogP contribution in [0.3, 0.4) is 0 Å². The number of nitrogens with one attached hydrogen (secondary N) is 5. The van der Waals surface area contributed by atoms with Crippen molar-refractivity contribution in [2.45, 2.75) is 109 Å². The van der Waals surface area contributed by atoms with Gasteiger partial charge in [-0.25, -0.2) is 39.7 Å². The number of rotatable bonds is 16. The minimum atomic E-state index is -1.31. The lowest BCUT2D eigenvalue weighted by Gasteiger charge is -2.28. The van der Waals surface area contributed by atoms with Crippen molar-refractivity contribution in [3.05, 3.63) is 111 Å². The number of unbranched alkanes of at least 4 members (excludes halogenated alkanes) is 1. The molecule has 1 fully saturated rings. The third kappa shape index (κ3) is 15.7. The van der Waals surface area contributed by atoms with Crippen LogP contribution in [-0.4, -0.2) is 131 Å². The van der Waals surface area contributed by atoms with Gasteiger partial charge in [-0.1, -0.05) is 44.2 Å². The van der Waals surface area contributed by atoms with Crippen LogP contribution in [0.2, 0.25) is 0 Å². The molecule has 6 amide bonds. The number of ether oxygens (including phenoxy) is 2. The zero-order valence-corrected chi connectivity index (χ0v) is 55.0. The number of carboxylic acid groups (broad SMARTS) is 2. The molecular weight excluding hydrogens is 1300 g/mol. The van der Waals surface area contributed by atoms with Crippen LogP contribution in [0.25, 0.3) is 43.4 Å². The van der Waals surface area contributed by atoms with E-state index in [0.717, 1.165) is 34.0 Å². The quantitative estimate of drug-likeness (QED) is 0.0418. The van der Waals surface area contributed by atoms with E-state index in [1.54, 1.807) is 70.9 Å². The fourth-order valence-corrected chi connectivity index (χ4v) is 15.7. The fourth-order valence-electron chi connectivity index (χ4n) is 10.2. The third-order valence-electron chi connectivity index (χ3n) is 15.0. The summed E-state index contributed by atoms with van der Waals surface area (Å²) in [6, 6.07) is 9.27. The Kier molecular flexibility index (Phi) is 21.7. The number of nitrogens with zero attached hydrogens (tertiary/aromatic N) is 8. The summed E-state index contributed by atoms with van der Waals surface area (Å²) >= 11 is 7.01. The Hall–Kier alpha value is -8.37. The van der Waals surface area contributed by atoms with Crippen molar-refractivity contribution >= 4 is 121 Å². The summed E-state index contributed by atoms with van der Waals surface area (Å²) in [6.07, 6.45) is -0.911. The molecule has 1 aliphatic carbocycles. The van der Waals surface area contributed by atoms with Crippen LogP contribution in [0.1, 0.15) is 151 Å². The maximum Gasteiger partial charge on any atom is 0.415 e. The molecule has 7 aromatic heterocycles. The molecule has 8 heterocycles. The number of hydrogen-bond acceptors (Lipinski definition) is 24. The monoisotopic (exact) mass is 1370 g/mol. The van der Waals surface area contributed by atoms with Gasteiger partial charge in [0.1, 0.15) is 88.3 Å². The molecule has 1 aliphatic heterocycles. The molecule has 10 bridgehead atoms. The lowest BCUT2D eigenvalue weighted by atomic mass is 9.87. The zero-order valence-electron chi connectivity index (χ0n) is 50.1. The molecule has 26 nitrogen and oxygen atoms in total. The second-order valence-electron chi connectivity index (χ2n) is 21.8. The van der Waals surface area contributed by atoms with Crippen molar-refractivity contribution in [3.63, 3.8) is 0 Å². The average Bonchev–Trinajstić information content (AvgIpc) is 1.62. The summed E-state index contributed by atoms with van der Waals surface area (Å²) < 4.78 is 11.4. The van der Waals surface area contributed by atoms with Crippen molar-refractivity contribution in [1.29, 1.82) is 0 Å². The number of hydrogen-bond donors (Lipinski definition) is 8. The molecule has 1 saturated carbocycles. The van der Waals surface area contributed by atoms with Gasteiger partial charge in [-0.3, -0.25) is 38.5 Å². The number of aryl methyl sites for hydroxylation is 1. The third-order valence-corrected chi connectivity index (χ3v) is 20.8. The minimum absolute atomic E-state index is 0.00983. The van der Waals surface area contributed by atoms with Gasteiger partial charge in [0, 0.05) is 59.1 Å². The number of anilines is 1. The first-order valence-corrected chi connectivity index (χ1v) is 34.3. The Morgan fingerprint density at radius 1 is 0.696 bits per heavy atom. The summed E-state index contributed by atoms with van der Waals surface area (Å²) in [7, 11) is 2.92. The van der Waals surface area contributed by atoms with Gasteiger partial charge in [-0.05, 0) is 69.1 Å². The predicted molar refractivity (Wildman–Crippen MR) is 346 cm³/mol. The Morgan fingerprint density at radius 2 is 1.40 bits per heavy atom. The Bertz CT molecular complexity index is 4020. The number of amides is 6. The number of carbonyl (C=O) groups is 8. The van der Waals surface area contributed by atoms with Crippen molar-refractivity contribution in [2.75, 3.05) is 32.1 Å². The van der Waals surface area contributed by atoms with Crippen LogP contribution in [0.5, 0.6) is 0 Å². The highest BCUT2D eigenvalue weighted by Crippen LogP contribution is 2.41. The average molecular weight is 1370 g/mol. The van der Waals surface area contributed by atoms with E-state index in [1.165, 1.54) is 53.1 Å². The Morgan fingerprint density at radius 3 is 2.13 bits per heavy atom. The highest BCUT2D eigenvalue weighted by atomic mass is 32.1. The van der Waals surface area contributed by atoms with E-state index in [2.05, 4.69) is 26.6 Å². The number of fused-ring (bicyclic) bond motifs is 14. The summed E-state index contributed by atoms with van der Waals surface area (Å²) in [4.78, 5) is 143. The molecule has 92 heavy (non-hydrogen) atoms. The molecule has 10 rings (SSSR count). The summed E-state index contributed by atoms with van der Waals surface area (Å²) in [6.45, 7) is 4.96. The van der Waals surface area contributed by atoms with Crippen LogP contribution in [0, 0.1) is 18.8 Å². The molecule has 32 heteroatoms. The summed E-state index contributed by atoms with van der Waals surface area (Å²) in [5.74, 6) is -5.45. The fraction of sp³-hybridized carbons (Fsp3) is 0.383. The van der Waals surface area contributed by atoms with Crippen LogP contribution >= 0.6 is 68.0 Å². The lowest BCUT2D eigenvalue weighted by Crippen LogP contribution is -2.40. The molecule has 1 aromatic carbocycles. The molecule has 8 N–H and O–H groups in total. The highest BCUT2D eigenvalue weighted by Gasteiger charge is 2.35. The van der Waals surface area contributed by atoms with E-state index in [1.807, 2.05) is 13.8 Å². The number of benzene rings is 1. The lowest BCUT2D eigenvalue weighted by molar-refractivity contribution is -0.143. The van der Waals surface area contributed by atoms with Gasteiger partial charge < -0.3 is 51.4 Å².